The van der Waals surface area contributed by atoms with Crippen molar-refractivity contribution in [3.8, 4) is 0 Å². The molecule has 0 aliphatic carbocycles. The molecule has 0 saturated carbocycles. The molecule has 4 aliphatic heterocycles. The second-order valence-corrected chi connectivity index (χ2v) is 16.1. The van der Waals surface area contributed by atoms with E-state index in [1.54, 1.807) is 34.6 Å². The zero-order valence-electron chi connectivity index (χ0n) is 32.4. The molecular formula is C37H63NO13. The minimum atomic E-state index is -1.85. The van der Waals surface area contributed by atoms with Gasteiger partial charge in [0.25, 0.3) is 0 Å². The van der Waals surface area contributed by atoms with Gasteiger partial charge in [0, 0.05) is 32.8 Å². The van der Waals surface area contributed by atoms with E-state index >= 15 is 0 Å². The lowest BCUT2D eigenvalue weighted by atomic mass is 9.78. The Hall–Kier alpha value is -1.88. The molecule has 294 valence electrons. The lowest BCUT2D eigenvalue weighted by Crippen LogP contribution is -2.60. The van der Waals surface area contributed by atoms with E-state index in [0.29, 0.717) is 18.6 Å². The second kappa shape index (κ2) is 15.8. The maximum Gasteiger partial charge on any atom is 0.311 e. The molecule has 4 aliphatic rings. The van der Waals surface area contributed by atoms with Crippen LogP contribution in [0.15, 0.2) is 11.3 Å². The molecule has 0 radical (unpaired) electrons. The van der Waals surface area contributed by atoms with Gasteiger partial charge in [-0.1, -0.05) is 20.8 Å². The minimum Gasteiger partial charge on any atom is -0.488 e. The number of carbonyl (C=O) groups is 2. The van der Waals surface area contributed by atoms with Crippen molar-refractivity contribution in [3.63, 3.8) is 0 Å². The Morgan fingerprint density at radius 2 is 1.75 bits per heavy atom. The van der Waals surface area contributed by atoms with Gasteiger partial charge in [0.1, 0.15) is 41.4 Å². The molecule has 5 N–H and O–H groups in total. The fourth-order valence-electron chi connectivity index (χ4n) is 8.64. The van der Waals surface area contributed by atoms with Crippen LogP contribution in [0.2, 0.25) is 0 Å². The average Bonchev–Trinajstić information content (AvgIpc) is 3.37. The molecule has 4 rings (SSSR count). The smallest absolute Gasteiger partial charge is 0.311 e. The summed E-state index contributed by atoms with van der Waals surface area (Å²) in [6.07, 6.45) is -8.49. The Kier molecular flexibility index (Phi) is 13.0. The van der Waals surface area contributed by atoms with Crippen LogP contribution in [0.5, 0.6) is 0 Å². The van der Waals surface area contributed by atoms with Crippen molar-refractivity contribution in [3.05, 3.63) is 11.3 Å². The van der Waals surface area contributed by atoms with E-state index in [2.05, 4.69) is 5.32 Å². The van der Waals surface area contributed by atoms with Gasteiger partial charge in [-0.25, -0.2) is 0 Å². The zero-order chi connectivity index (χ0) is 38.4. The van der Waals surface area contributed by atoms with Crippen molar-refractivity contribution in [1.82, 2.24) is 5.32 Å². The van der Waals surface area contributed by atoms with Crippen molar-refractivity contribution < 1.29 is 63.2 Å². The minimum absolute atomic E-state index is 0.140. The highest BCUT2D eigenvalue weighted by Gasteiger charge is 2.57. The van der Waals surface area contributed by atoms with Gasteiger partial charge in [0.05, 0.1) is 47.9 Å². The number of fused-ring (bicyclic) bond motifs is 2. The van der Waals surface area contributed by atoms with Crippen molar-refractivity contribution >= 4 is 11.9 Å². The molecule has 1 amide bonds. The normalized spacial score (nSPS) is 45.6. The Morgan fingerprint density at radius 1 is 1.10 bits per heavy atom. The number of aliphatic hydroxyl groups is 4. The molecule has 0 aromatic carbocycles. The van der Waals surface area contributed by atoms with Crippen molar-refractivity contribution in [2.75, 3.05) is 7.11 Å². The highest BCUT2D eigenvalue weighted by atomic mass is 16.7. The summed E-state index contributed by atoms with van der Waals surface area (Å²) in [5.41, 5.74) is -3.13. The zero-order valence-corrected chi connectivity index (χ0v) is 32.4. The summed E-state index contributed by atoms with van der Waals surface area (Å²) in [5.74, 6) is -2.80. The molecule has 3 fully saturated rings. The number of aliphatic hydroxyl groups excluding tert-OH is 3. The molecule has 3 saturated heterocycles. The first-order valence-corrected chi connectivity index (χ1v) is 18.4. The van der Waals surface area contributed by atoms with Gasteiger partial charge in [-0.15, -0.1) is 0 Å². The van der Waals surface area contributed by atoms with E-state index < -0.39 is 102 Å². The van der Waals surface area contributed by atoms with Gasteiger partial charge in [0.15, 0.2) is 12.6 Å². The second-order valence-electron chi connectivity index (χ2n) is 16.1. The van der Waals surface area contributed by atoms with Crippen LogP contribution in [0, 0.1) is 17.8 Å². The predicted molar refractivity (Wildman–Crippen MR) is 184 cm³/mol. The van der Waals surface area contributed by atoms with Crippen LogP contribution in [0.1, 0.15) is 102 Å². The average molecular weight is 730 g/mol. The molecule has 0 spiro atoms. The van der Waals surface area contributed by atoms with Crippen molar-refractivity contribution in [2.24, 2.45) is 17.8 Å². The Bertz CT molecular complexity index is 1280. The number of ether oxygens (including phenoxy) is 7. The Morgan fingerprint density at radius 3 is 2.33 bits per heavy atom. The van der Waals surface area contributed by atoms with Crippen LogP contribution in [0.4, 0.5) is 0 Å². The quantitative estimate of drug-likeness (QED) is 0.218. The molecule has 2 bridgehead atoms. The topological polar surface area (TPSA) is 192 Å². The number of amides is 1. The molecular weight excluding hydrogens is 666 g/mol. The highest BCUT2D eigenvalue weighted by Crippen LogP contribution is 2.48. The van der Waals surface area contributed by atoms with Gasteiger partial charge >= 0.3 is 5.97 Å². The van der Waals surface area contributed by atoms with Crippen molar-refractivity contribution in [1.29, 1.82) is 0 Å². The number of carbonyl (C=O) groups excluding carboxylic acids is 2. The van der Waals surface area contributed by atoms with E-state index in [0.717, 1.165) is 5.57 Å². The van der Waals surface area contributed by atoms with E-state index in [1.165, 1.54) is 21.0 Å². The van der Waals surface area contributed by atoms with E-state index in [1.807, 2.05) is 27.7 Å². The first-order chi connectivity index (χ1) is 23.6. The molecule has 14 heteroatoms. The predicted octanol–water partition coefficient (Wildman–Crippen LogP) is 2.47. The third-order valence-corrected chi connectivity index (χ3v) is 11.7. The third-order valence-electron chi connectivity index (χ3n) is 11.7. The summed E-state index contributed by atoms with van der Waals surface area (Å²) in [7, 11) is 1.51. The van der Waals surface area contributed by atoms with Crippen LogP contribution >= 0.6 is 0 Å². The third kappa shape index (κ3) is 8.44. The van der Waals surface area contributed by atoms with E-state index in [9.17, 15) is 30.0 Å². The number of methoxy groups -OCH3 is 1. The number of hydrogen-bond acceptors (Lipinski definition) is 13. The lowest BCUT2D eigenvalue weighted by Gasteiger charge is -2.48. The molecule has 0 aromatic rings. The monoisotopic (exact) mass is 729 g/mol. The van der Waals surface area contributed by atoms with Gasteiger partial charge < -0.3 is 58.9 Å². The number of hydrogen-bond donors (Lipinski definition) is 5. The maximum absolute atomic E-state index is 14.3. The van der Waals surface area contributed by atoms with Crippen molar-refractivity contribution in [2.45, 2.75) is 186 Å². The fourth-order valence-corrected chi connectivity index (χ4v) is 8.64. The first kappa shape index (κ1) is 41.9. The molecule has 0 aromatic heterocycles. The van der Waals surface area contributed by atoms with Crippen LogP contribution in [-0.2, 0) is 42.7 Å². The summed E-state index contributed by atoms with van der Waals surface area (Å²) in [6.45, 7) is 19.0. The number of rotatable bonds is 9. The molecule has 4 heterocycles. The van der Waals surface area contributed by atoms with Gasteiger partial charge in [-0.2, -0.15) is 0 Å². The van der Waals surface area contributed by atoms with E-state index in [-0.39, 0.29) is 24.9 Å². The van der Waals surface area contributed by atoms with Crippen LogP contribution < -0.4 is 5.32 Å². The summed E-state index contributed by atoms with van der Waals surface area (Å²) >= 11 is 0. The van der Waals surface area contributed by atoms with Gasteiger partial charge in [-0.05, 0) is 66.9 Å². The molecule has 5 unspecified atom stereocenters. The molecule has 14 nitrogen and oxygen atoms in total. The molecule has 51 heavy (non-hydrogen) atoms. The summed E-state index contributed by atoms with van der Waals surface area (Å²) in [4.78, 5) is 26.3. The first-order valence-electron chi connectivity index (χ1n) is 18.4. The van der Waals surface area contributed by atoms with Crippen LogP contribution in [-0.4, -0.2) is 124 Å². The largest absolute Gasteiger partial charge is 0.488 e. The van der Waals surface area contributed by atoms with Gasteiger partial charge in [-0.3, -0.25) is 9.59 Å². The number of cyclic esters (lactones) is 1. The summed E-state index contributed by atoms with van der Waals surface area (Å²) in [5, 5.41) is 47.9. The summed E-state index contributed by atoms with van der Waals surface area (Å²) in [6, 6.07) is -0.633. The molecule has 17 atom stereocenters. The lowest BCUT2D eigenvalue weighted by molar-refractivity contribution is -0.314. The van der Waals surface area contributed by atoms with Crippen LogP contribution in [0.25, 0.3) is 0 Å². The highest BCUT2D eigenvalue weighted by molar-refractivity contribution is 5.73. The number of esters is 1. The Balaban J connectivity index is 1.83. The number of nitrogens with one attached hydrogen (secondary N) is 1. The fraction of sp³-hybridized carbons (Fsp3) is 0.892. The SMILES string of the molecule is CC[C@H](O)[C@@](C)(O)[C@@H]1OC(=O)[C@H](C)[C@@H](O[C@H]2CC(C)(OC)[C@@H](O)C(C)O2)[C@H](C)[C@@H](O[C@@H]2OC(C)CC(NC(C)=O)C2O)[C@@]2(C)CC(C)=C(O2)[C@@H]1C. The Labute approximate surface area is 302 Å². The van der Waals surface area contributed by atoms with E-state index in [4.69, 9.17) is 33.2 Å². The summed E-state index contributed by atoms with van der Waals surface area (Å²) < 4.78 is 44.5. The van der Waals surface area contributed by atoms with Crippen LogP contribution in [0.3, 0.4) is 0 Å². The van der Waals surface area contributed by atoms with Gasteiger partial charge in [0.2, 0.25) is 5.91 Å². The standard InChI is InChI=1S/C37H63NO13/c1-13-25(40)37(11,44)32-19(4)28-17(2)15-36(10,51-28)31(50-34-27(41)24(38-23(8)39)14-18(3)46-34)20(5)29(21(6)33(43)49-32)48-26-16-35(9,45-12)30(42)22(7)47-26/h18-22,24-27,29-32,34,40-42,44H,13-16H2,1-12H3,(H,38,39)/t18?,19-,20-,21+,22?,24?,25-,26-,27?,29-,30-,31+,32+,34-,35?,36+,37+/m0/s1. The maximum atomic E-state index is 14.3.